The van der Waals surface area contributed by atoms with Gasteiger partial charge < -0.3 is 10.6 Å². The van der Waals surface area contributed by atoms with Gasteiger partial charge in [0, 0.05) is 19.3 Å². The molecule has 0 aliphatic rings. The number of hydrogen-bond acceptors (Lipinski definition) is 3. The lowest BCUT2D eigenvalue weighted by atomic mass is 10.1. The molecule has 0 radical (unpaired) electrons. The maximum absolute atomic E-state index is 6.16. The van der Waals surface area contributed by atoms with Crippen LogP contribution in [0, 0.1) is 0 Å². The van der Waals surface area contributed by atoms with E-state index in [-0.39, 0.29) is 0 Å². The lowest BCUT2D eigenvalue weighted by Crippen LogP contribution is -2.21. The molecule has 0 aliphatic heterocycles. The van der Waals surface area contributed by atoms with E-state index in [0.29, 0.717) is 10.0 Å². The molecule has 0 atom stereocenters. The summed E-state index contributed by atoms with van der Waals surface area (Å²) in [5, 5.41) is 4.79. The first-order valence-electron chi connectivity index (χ1n) is 5.40. The van der Waals surface area contributed by atoms with Crippen molar-refractivity contribution in [3.05, 3.63) is 51.2 Å². The van der Waals surface area contributed by atoms with Crippen LogP contribution in [-0.4, -0.2) is 12.0 Å². The van der Waals surface area contributed by atoms with Crippen molar-refractivity contribution < 1.29 is 0 Å². The monoisotopic (exact) mass is 296 g/mol. The van der Waals surface area contributed by atoms with Crippen LogP contribution in [-0.2, 0) is 6.54 Å². The summed E-state index contributed by atoms with van der Waals surface area (Å²) in [7, 11) is 2.01. The van der Waals surface area contributed by atoms with Gasteiger partial charge in [0.05, 0.1) is 10.6 Å². The van der Waals surface area contributed by atoms with Gasteiger partial charge in [-0.2, -0.15) is 11.3 Å². The molecule has 2 N–H and O–H groups in total. The van der Waals surface area contributed by atoms with Crippen LogP contribution in [0.3, 0.4) is 0 Å². The lowest BCUT2D eigenvalue weighted by Gasteiger charge is -2.22. The minimum absolute atomic E-state index is 0.327. The molecule has 94 valence electrons. The van der Waals surface area contributed by atoms with Crippen LogP contribution >= 0.6 is 35.2 Å². The van der Waals surface area contributed by atoms with Crippen LogP contribution in [0.1, 0.15) is 11.1 Å². The van der Waals surface area contributed by atoms with Crippen LogP contribution in [0.15, 0.2) is 35.0 Å². The number of nitrogens with zero attached hydrogens (tertiary/aromatic N) is 1. The van der Waals surface area contributed by atoms with Gasteiger partial charge in [-0.3, -0.25) is 0 Å². The van der Waals surface area contributed by atoms with Crippen LogP contribution < -0.4 is 10.6 Å². The van der Waals surface area contributed by atoms with Crippen LogP contribution in [0.2, 0.25) is 5.02 Å². The number of hydrogen-bond donors (Lipinski definition) is 1. The summed E-state index contributed by atoms with van der Waals surface area (Å²) < 4.78 is 0. The molecule has 0 unspecified atom stereocenters. The third-order valence-electron chi connectivity index (χ3n) is 2.65. The zero-order valence-electron chi connectivity index (χ0n) is 9.89. The molecule has 0 spiro atoms. The van der Waals surface area contributed by atoms with Crippen molar-refractivity contribution in [3.63, 3.8) is 0 Å². The second kappa shape index (κ2) is 5.69. The van der Waals surface area contributed by atoms with E-state index in [2.05, 4.69) is 21.7 Å². The van der Waals surface area contributed by atoms with Crippen LogP contribution in [0.4, 0.5) is 5.69 Å². The van der Waals surface area contributed by atoms with Gasteiger partial charge in [0.1, 0.15) is 4.99 Å². The van der Waals surface area contributed by atoms with E-state index < -0.39 is 0 Å². The number of anilines is 1. The highest BCUT2D eigenvalue weighted by molar-refractivity contribution is 7.80. The van der Waals surface area contributed by atoms with Gasteiger partial charge in [-0.25, -0.2) is 0 Å². The molecule has 0 fully saturated rings. The zero-order chi connectivity index (χ0) is 13.1. The maximum Gasteiger partial charge on any atom is 0.107 e. The van der Waals surface area contributed by atoms with E-state index >= 15 is 0 Å². The molecule has 2 rings (SSSR count). The number of thiophene rings is 1. The number of thiocarbonyl (C=S) groups is 1. The lowest BCUT2D eigenvalue weighted by molar-refractivity contribution is 0.926. The Morgan fingerprint density at radius 2 is 2.22 bits per heavy atom. The van der Waals surface area contributed by atoms with Crippen molar-refractivity contribution >= 4 is 45.8 Å². The van der Waals surface area contributed by atoms with Gasteiger partial charge in [-0.15, -0.1) is 0 Å². The smallest absolute Gasteiger partial charge is 0.107 e. The molecule has 0 bridgehead atoms. The Morgan fingerprint density at radius 1 is 1.44 bits per heavy atom. The summed E-state index contributed by atoms with van der Waals surface area (Å²) in [6.07, 6.45) is 0. The Labute approximate surface area is 121 Å². The largest absolute Gasteiger partial charge is 0.389 e. The Bertz CT molecular complexity index is 552. The van der Waals surface area contributed by atoms with Gasteiger partial charge in [0.2, 0.25) is 0 Å². The minimum atomic E-state index is 0.327. The fraction of sp³-hybridized carbons (Fsp3) is 0.154. The third-order valence-corrected chi connectivity index (χ3v) is 3.90. The van der Waals surface area contributed by atoms with E-state index in [9.17, 15) is 0 Å². The molecule has 0 saturated heterocycles. The number of halogens is 1. The third kappa shape index (κ3) is 2.83. The molecule has 5 heteroatoms. The second-order valence-corrected chi connectivity index (χ2v) is 5.61. The normalized spacial score (nSPS) is 10.3. The Morgan fingerprint density at radius 3 is 2.83 bits per heavy atom. The van der Waals surface area contributed by atoms with Gasteiger partial charge >= 0.3 is 0 Å². The van der Waals surface area contributed by atoms with E-state index in [4.69, 9.17) is 29.6 Å². The molecule has 0 aliphatic carbocycles. The summed E-state index contributed by atoms with van der Waals surface area (Å²) in [6, 6.07) is 7.79. The summed E-state index contributed by atoms with van der Waals surface area (Å²) in [6.45, 7) is 0.805. The summed E-state index contributed by atoms with van der Waals surface area (Å²) >= 11 is 12.9. The van der Waals surface area contributed by atoms with E-state index in [1.807, 2.05) is 19.2 Å². The molecular formula is C13H13ClN2S2. The predicted molar refractivity (Wildman–Crippen MR) is 83.8 cm³/mol. The average Bonchev–Trinajstić information content (AvgIpc) is 2.80. The molecule has 1 aromatic carbocycles. The molecule has 2 nitrogen and oxygen atoms in total. The van der Waals surface area contributed by atoms with Crippen molar-refractivity contribution in [2.75, 3.05) is 11.9 Å². The van der Waals surface area contributed by atoms with Gasteiger partial charge in [-0.05, 0) is 34.5 Å². The van der Waals surface area contributed by atoms with Gasteiger partial charge in [0.25, 0.3) is 0 Å². The predicted octanol–water partition coefficient (Wildman–Crippen LogP) is 3.67. The minimum Gasteiger partial charge on any atom is -0.389 e. The first-order chi connectivity index (χ1) is 8.59. The van der Waals surface area contributed by atoms with Crippen molar-refractivity contribution in [2.24, 2.45) is 5.73 Å². The summed E-state index contributed by atoms with van der Waals surface area (Å²) in [5.74, 6) is 0. The quantitative estimate of drug-likeness (QED) is 0.873. The molecule has 1 aromatic heterocycles. The highest BCUT2D eigenvalue weighted by atomic mass is 35.5. The number of nitrogens with two attached hydrogens (primary N) is 1. The summed E-state index contributed by atoms with van der Waals surface area (Å²) in [5.41, 5.74) is 8.71. The standard InChI is InChI=1S/C13H13ClN2S2/c1-16(7-9-5-6-18-8-9)11-4-2-3-10(14)12(11)13(15)17/h2-6,8H,7H2,1H3,(H2,15,17). The molecule has 2 aromatic rings. The molecule has 1 heterocycles. The van der Waals surface area contributed by atoms with Crippen LogP contribution in [0.5, 0.6) is 0 Å². The first-order valence-corrected chi connectivity index (χ1v) is 7.13. The summed E-state index contributed by atoms with van der Waals surface area (Å²) in [4.78, 5) is 2.43. The SMILES string of the molecule is CN(Cc1ccsc1)c1cccc(Cl)c1C(N)=S. The molecule has 0 saturated carbocycles. The van der Waals surface area contributed by atoms with E-state index in [0.717, 1.165) is 17.8 Å². The van der Waals surface area contributed by atoms with Gasteiger partial charge in [-0.1, -0.05) is 29.9 Å². The number of rotatable bonds is 4. The Hall–Kier alpha value is -1.10. The Kier molecular flexibility index (Phi) is 4.22. The molecule has 0 amide bonds. The maximum atomic E-state index is 6.16. The molecular weight excluding hydrogens is 284 g/mol. The van der Waals surface area contributed by atoms with Crippen LogP contribution in [0.25, 0.3) is 0 Å². The fourth-order valence-corrected chi connectivity index (χ4v) is 3.02. The van der Waals surface area contributed by atoms with Crippen molar-refractivity contribution in [1.82, 2.24) is 0 Å². The van der Waals surface area contributed by atoms with Crippen molar-refractivity contribution in [2.45, 2.75) is 6.54 Å². The molecule has 18 heavy (non-hydrogen) atoms. The average molecular weight is 297 g/mol. The highest BCUT2D eigenvalue weighted by Gasteiger charge is 2.13. The fourth-order valence-electron chi connectivity index (χ4n) is 1.82. The van der Waals surface area contributed by atoms with Gasteiger partial charge in [0.15, 0.2) is 0 Å². The van der Waals surface area contributed by atoms with E-state index in [1.165, 1.54) is 5.56 Å². The number of benzene rings is 1. The highest BCUT2D eigenvalue weighted by Crippen LogP contribution is 2.28. The second-order valence-electron chi connectivity index (χ2n) is 3.99. The van der Waals surface area contributed by atoms with E-state index in [1.54, 1.807) is 17.4 Å². The van der Waals surface area contributed by atoms with Crippen molar-refractivity contribution in [1.29, 1.82) is 0 Å². The first kappa shape index (κ1) is 13.3. The topological polar surface area (TPSA) is 29.3 Å². The zero-order valence-corrected chi connectivity index (χ0v) is 12.3. The Balaban J connectivity index is 2.32. The van der Waals surface area contributed by atoms with Crippen molar-refractivity contribution in [3.8, 4) is 0 Å².